The largest absolute Gasteiger partial charge is 0.463 e. The molecule has 0 atom stereocenters. The smallest absolute Gasteiger partial charge is 0.330 e. The summed E-state index contributed by atoms with van der Waals surface area (Å²) in [5.74, 6) is -0.318. The minimum atomic E-state index is -0.318. The Morgan fingerprint density at radius 2 is 2.06 bits per heavy atom. The summed E-state index contributed by atoms with van der Waals surface area (Å²) in [4.78, 5) is 14.3. The zero-order valence-electron chi connectivity index (χ0n) is 11.1. The van der Waals surface area contributed by atoms with E-state index in [2.05, 4.69) is 4.98 Å². The first-order chi connectivity index (χ1) is 8.79. The maximum absolute atomic E-state index is 11.1. The summed E-state index contributed by atoms with van der Waals surface area (Å²) in [6.45, 7) is 6.19. The number of carbonyl (C=O) groups excluding carboxylic acids is 1. The molecule has 0 aliphatic carbocycles. The third kappa shape index (κ3) is 3.77. The summed E-state index contributed by atoms with van der Waals surface area (Å²) in [5.41, 5.74) is 1.96. The van der Waals surface area contributed by atoms with E-state index in [0.29, 0.717) is 6.61 Å². The van der Waals surface area contributed by atoms with Gasteiger partial charge in [0.2, 0.25) is 0 Å². The molecule has 0 aliphatic heterocycles. The molecule has 96 valence electrons. The third-order valence-electron chi connectivity index (χ3n) is 2.24. The van der Waals surface area contributed by atoms with Gasteiger partial charge in [0.15, 0.2) is 0 Å². The second-order valence-corrected chi connectivity index (χ2v) is 3.40. The fourth-order valence-electron chi connectivity index (χ4n) is 1.53. The quantitative estimate of drug-likeness (QED) is 0.660. The second-order valence-electron chi connectivity index (χ2n) is 3.40. The van der Waals surface area contributed by atoms with Crippen LogP contribution in [-0.4, -0.2) is 17.6 Å². The summed E-state index contributed by atoms with van der Waals surface area (Å²) in [5, 5.41) is 1.13. The SMILES string of the molecule is CC.CCOC(=O)/C=C/c1cc2ccccc2[nH]1. The molecule has 2 rings (SSSR count). The summed E-state index contributed by atoms with van der Waals surface area (Å²) < 4.78 is 4.80. The van der Waals surface area contributed by atoms with Crippen molar-refractivity contribution >= 4 is 22.9 Å². The number of aromatic nitrogens is 1. The van der Waals surface area contributed by atoms with E-state index in [0.717, 1.165) is 16.6 Å². The topological polar surface area (TPSA) is 42.1 Å². The first-order valence-electron chi connectivity index (χ1n) is 6.22. The van der Waals surface area contributed by atoms with Crippen LogP contribution in [0.25, 0.3) is 17.0 Å². The molecule has 0 amide bonds. The number of esters is 1. The molecular formula is C15H19NO2. The van der Waals surface area contributed by atoms with Gasteiger partial charge in [-0.05, 0) is 30.5 Å². The molecule has 1 heterocycles. The molecule has 0 saturated heterocycles. The van der Waals surface area contributed by atoms with E-state index < -0.39 is 0 Å². The molecule has 0 spiro atoms. The number of nitrogens with one attached hydrogen (secondary N) is 1. The number of H-pyrrole nitrogens is 1. The molecule has 1 aromatic carbocycles. The van der Waals surface area contributed by atoms with Gasteiger partial charge < -0.3 is 9.72 Å². The highest BCUT2D eigenvalue weighted by atomic mass is 16.5. The first kappa shape index (κ1) is 14.0. The Morgan fingerprint density at radius 3 is 2.72 bits per heavy atom. The minimum absolute atomic E-state index is 0.318. The van der Waals surface area contributed by atoms with Gasteiger partial charge in [-0.3, -0.25) is 0 Å². The van der Waals surface area contributed by atoms with Gasteiger partial charge in [-0.25, -0.2) is 4.79 Å². The van der Waals surface area contributed by atoms with Crippen LogP contribution in [0.2, 0.25) is 0 Å². The lowest BCUT2D eigenvalue weighted by molar-refractivity contribution is -0.137. The van der Waals surface area contributed by atoms with Gasteiger partial charge in [-0.1, -0.05) is 32.0 Å². The molecule has 1 aromatic heterocycles. The van der Waals surface area contributed by atoms with Crippen molar-refractivity contribution in [1.82, 2.24) is 4.98 Å². The monoisotopic (exact) mass is 245 g/mol. The highest BCUT2D eigenvalue weighted by Crippen LogP contribution is 2.15. The number of hydrogen-bond acceptors (Lipinski definition) is 2. The van der Waals surface area contributed by atoms with E-state index in [4.69, 9.17) is 4.74 Å². The lowest BCUT2D eigenvalue weighted by atomic mass is 10.2. The Hall–Kier alpha value is -2.03. The number of carbonyl (C=O) groups is 1. The van der Waals surface area contributed by atoms with E-state index in [1.54, 1.807) is 13.0 Å². The van der Waals surface area contributed by atoms with Gasteiger partial charge in [0.25, 0.3) is 0 Å². The van der Waals surface area contributed by atoms with Crippen LogP contribution in [0.15, 0.2) is 36.4 Å². The first-order valence-corrected chi connectivity index (χ1v) is 6.22. The van der Waals surface area contributed by atoms with Crippen molar-refractivity contribution < 1.29 is 9.53 Å². The summed E-state index contributed by atoms with van der Waals surface area (Å²) in [7, 11) is 0. The average Bonchev–Trinajstić information content (AvgIpc) is 2.82. The highest BCUT2D eigenvalue weighted by Gasteiger charge is 1.98. The molecule has 2 aromatic rings. The van der Waals surface area contributed by atoms with Gasteiger partial charge in [-0.2, -0.15) is 0 Å². The van der Waals surface area contributed by atoms with Crippen LogP contribution in [0.3, 0.4) is 0 Å². The number of fused-ring (bicyclic) bond motifs is 1. The van der Waals surface area contributed by atoms with Crippen LogP contribution in [0.4, 0.5) is 0 Å². The number of hydrogen-bond donors (Lipinski definition) is 1. The molecule has 3 nitrogen and oxygen atoms in total. The number of ether oxygens (including phenoxy) is 1. The van der Waals surface area contributed by atoms with E-state index >= 15 is 0 Å². The van der Waals surface area contributed by atoms with Crippen LogP contribution in [0, 0.1) is 0 Å². The highest BCUT2D eigenvalue weighted by molar-refractivity contribution is 5.89. The van der Waals surface area contributed by atoms with Gasteiger partial charge in [0, 0.05) is 17.3 Å². The molecular weight excluding hydrogens is 226 g/mol. The summed E-state index contributed by atoms with van der Waals surface area (Å²) >= 11 is 0. The van der Waals surface area contributed by atoms with E-state index in [1.165, 1.54) is 6.08 Å². The van der Waals surface area contributed by atoms with Crippen molar-refractivity contribution in [3.05, 3.63) is 42.1 Å². The molecule has 0 bridgehead atoms. The molecule has 0 aliphatic rings. The van der Waals surface area contributed by atoms with Crippen molar-refractivity contribution in [3.63, 3.8) is 0 Å². The molecule has 1 N–H and O–H groups in total. The zero-order chi connectivity index (χ0) is 13.4. The maximum atomic E-state index is 11.1. The van der Waals surface area contributed by atoms with Crippen LogP contribution >= 0.6 is 0 Å². The fraction of sp³-hybridized carbons (Fsp3) is 0.267. The summed E-state index contributed by atoms with van der Waals surface area (Å²) in [6.07, 6.45) is 3.15. The average molecular weight is 245 g/mol. The Bertz CT molecular complexity index is 493. The van der Waals surface area contributed by atoms with Crippen molar-refractivity contribution in [1.29, 1.82) is 0 Å². The predicted molar refractivity (Wildman–Crippen MR) is 75.3 cm³/mol. The zero-order valence-corrected chi connectivity index (χ0v) is 11.1. The van der Waals surface area contributed by atoms with Crippen molar-refractivity contribution in [2.75, 3.05) is 6.61 Å². The molecule has 0 unspecified atom stereocenters. The fourth-order valence-corrected chi connectivity index (χ4v) is 1.53. The molecule has 0 saturated carbocycles. The summed E-state index contributed by atoms with van der Waals surface area (Å²) in [6, 6.07) is 9.96. The standard InChI is InChI=1S/C13H13NO2.C2H6/c1-2-16-13(15)8-7-11-9-10-5-3-4-6-12(10)14-11;1-2/h3-9,14H,2H2,1H3;1-2H3/b8-7+;. The second kappa shape index (κ2) is 7.33. The number of para-hydroxylation sites is 1. The lowest BCUT2D eigenvalue weighted by Crippen LogP contribution is -1.98. The third-order valence-corrected chi connectivity index (χ3v) is 2.24. The van der Waals surface area contributed by atoms with Crippen LogP contribution in [-0.2, 0) is 9.53 Å². The molecule has 0 radical (unpaired) electrons. The Balaban J connectivity index is 0.000000771. The van der Waals surface area contributed by atoms with Crippen molar-refractivity contribution in [2.45, 2.75) is 20.8 Å². The molecule has 3 heteroatoms. The predicted octanol–water partition coefficient (Wildman–Crippen LogP) is 3.77. The normalized spacial score (nSPS) is 10.2. The van der Waals surface area contributed by atoms with E-state index in [1.807, 2.05) is 44.2 Å². The number of benzene rings is 1. The Labute approximate surface area is 107 Å². The minimum Gasteiger partial charge on any atom is -0.463 e. The number of aromatic amines is 1. The van der Waals surface area contributed by atoms with E-state index in [-0.39, 0.29) is 5.97 Å². The Kier molecular flexibility index (Phi) is 5.71. The lowest BCUT2D eigenvalue weighted by Gasteiger charge is -1.93. The van der Waals surface area contributed by atoms with Gasteiger partial charge in [0.1, 0.15) is 0 Å². The van der Waals surface area contributed by atoms with Crippen molar-refractivity contribution in [2.24, 2.45) is 0 Å². The van der Waals surface area contributed by atoms with Crippen LogP contribution < -0.4 is 0 Å². The number of rotatable bonds is 3. The Morgan fingerprint density at radius 1 is 1.33 bits per heavy atom. The van der Waals surface area contributed by atoms with Crippen molar-refractivity contribution in [3.8, 4) is 0 Å². The van der Waals surface area contributed by atoms with E-state index in [9.17, 15) is 4.79 Å². The molecule has 0 fully saturated rings. The van der Waals surface area contributed by atoms with Gasteiger partial charge in [-0.15, -0.1) is 0 Å². The van der Waals surface area contributed by atoms with Crippen LogP contribution in [0.1, 0.15) is 26.5 Å². The van der Waals surface area contributed by atoms with Gasteiger partial charge >= 0.3 is 5.97 Å². The maximum Gasteiger partial charge on any atom is 0.330 e. The molecule has 18 heavy (non-hydrogen) atoms. The van der Waals surface area contributed by atoms with Gasteiger partial charge in [0.05, 0.1) is 6.61 Å². The van der Waals surface area contributed by atoms with Crippen LogP contribution in [0.5, 0.6) is 0 Å².